The standard InChI is InChI=1S/C17H34N2/c1-16(2)6-5-11-18-12-15-19-13-9-17(10-14-19)7-3-4-8-17/h16,18H,3-15H2,1-2H3. The second kappa shape index (κ2) is 7.64. The number of likely N-dealkylation sites (tertiary alicyclic amines) is 1. The van der Waals surface area contributed by atoms with Crippen molar-refractivity contribution in [3.8, 4) is 0 Å². The van der Waals surface area contributed by atoms with Crippen LogP contribution in [0.15, 0.2) is 0 Å². The maximum atomic E-state index is 3.61. The van der Waals surface area contributed by atoms with E-state index in [-0.39, 0.29) is 0 Å². The number of rotatable bonds is 7. The van der Waals surface area contributed by atoms with Gasteiger partial charge < -0.3 is 10.2 Å². The van der Waals surface area contributed by atoms with Crippen LogP contribution in [-0.2, 0) is 0 Å². The zero-order chi connectivity index (χ0) is 13.6. The average Bonchev–Trinajstić information content (AvgIpc) is 2.84. The number of hydrogen-bond acceptors (Lipinski definition) is 2. The maximum Gasteiger partial charge on any atom is 0.0107 e. The lowest BCUT2D eigenvalue weighted by molar-refractivity contribution is 0.109. The van der Waals surface area contributed by atoms with Crippen LogP contribution < -0.4 is 5.32 Å². The molecule has 1 heterocycles. The van der Waals surface area contributed by atoms with Crippen molar-refractivity contribution in [3.63, 3.8) is 0 Å². The average molecular weight is 266 g/mol. The van der Waals surface area contributed by atoms with Gasteiger partial charge in [0.05, 0.1) is 0 Å². The van der Waals surface area contributed by atoms with E-state index in [1.54, 1.807) is 0 Å². The third kappa shape index (κ3) is 5.07. The quantitative estimate of drug-likeness (QED) is 0.707. The molecule has 0 unspecified atom stereocenters. The third-order valence-corrected chi connectivity index (χ3v) is 5.32. The van der Waals surface area contributed by atoms with Gasteiger partial charge in [0.25, 0.3) is 0 Å². The Morgan fingerprint density at radius 3 is 2.32 bits per heavy atom. The molecule has 19 heavy (non-hydrogen) atoms. The van der Waals surface area contributed by atoms with Crippen LogP contribution in [0.3, 0.4) is 0 Å². The maximum absolute atomic E-state index is 3.61. The molecule has 0 aromatic rings. The molecule has 1 spiro atoms. The van der Waals surface area contributed by atoms with Gasteiger partial charge in [0.2, 0.25) is 0 Å². The topological polar surface area (TPSA) is 15.3 Å². The monoisotopic (exact) mass is 266 g/mol. The Morgan fingerprint density at radius 2 is 1.68 bits per heavy atom. The zero-order valence-corrected chi connectivity index (χ0v) is 13.2. The highest BCUT2D eigenvalue weighted by molar-refractivity contribution is 4.89. The second-order valence-corrected chi connectivity index (χ2v) is 7.33. The third-order valence-electron chi connectivity index (χ3n) is 5.32. The van der Waals surface area contributed by atoms with Crippen molar-refractivity contribution in [1.82, 2.24) is 10.2 Å². The van der Waals surface area contributed by atoms with Gasteiger partial charge in [-0.2, -0.15) is 0 Å². The number of nitrogens with one attached hydrogen (secondary N) is 1. The van der Waals surface area contributed by atoms with Crippen LogP contribution in [-0.4, -0.2) is 37.6 Å². The van der Waals surface area contributed by atoms with Crippen molar-refractivity contribution in [2.24, 2.45) is 11.3 Å². The first-order chi connectivity index (χ1) is 9.20. The lowest BCUT2D eigenvalue weighted by Crippen LogP contribution is -2.41. The van der Waals surface area contributed by atoms with Crippen LogP contribution in [0.2, 0.25) is 0 Å². The van der Waals surface area contributed by atoms with E-state index in [4.69, 9.17) is 0 Å². The molecule has 0 aromatic carbocycles. The van der Waals surface area contributed by atoms with Crippen LogP contribution in [0.1, 0.15) is 65.2 Å². The van der Waals surface area contributed by atoms with Gasteiger partial charge in [-0.05, 0) is 69.5 Å². The van der Waals surface area contributed by atoms with Crippen molar-refractivity contribution in [3.05, 3.63) is 0 Å². The smallest absolute Gasteiger partial charge is 0.0107 e. The fourth-order valence-corrected chi connectivity index (χ4v) is 3.87. The van der Waals surface area contributed by atoms with E-state index in [1.807, 2.05) is 0 Å². The van der Waals surface area contributed by atoms with Gasteiger partial charge in [-0.3, -0.25) is 0 Å². The summed E-state index contributed by atoms with van der Waals surface area (Å²) in [5.74, 6) is 0.853. The molecule has 1 N–H and O–H groups in total. The Balaban J connectivity index is 1.49. The fourth-order valence-electron chi connectivity index (χ4n) is 3.87. The molecule has 2 fully saturated rings. The summed E-state index contributed by atoms with van der Waals surface area (Å²) < 4.78 is 0. The molecule has 2 nitrogen and oxygen atoms in total. The molecule has 0 radical (unpaired) electrons. The molecule has 1 saturated heterocycles. The van der Waals surface area contributed by atoms with E-state index in [9.17, 15) is 0 Å². The van der Waals surface area contributed by atoms with Crippen molar-refractivity contribution in [2.75, 3.05) is 32.7 Å². The summed E-state index contributed by atoms with van der Waals surface area (Å²) in [5.41, 5.74) is 0.779. The number of piperidine rings is 1. The fraction of sp³-hybridized carbons (Fsp3) is 1.00. The van der Waals surface area contributed by atoms with Crippen LogP contribution in [0.25, 0.3) is 0 Å². The first kappa shape index (κ1) is 15.3. The molecule has 2 rings (SSSR count). The summed E-state index contributed by atoms with van der Waals surface area (Å²) in [6, 6.07) is 0. The highest BCUT2D eigenvalue weighted by atomic mass is 15.1. The van der Waals surface area contributed by atoms with E-state index >= 15 is 0 Å². The van der Waals surface area contributed by atoms with Crippen LogP contribution in [0.5, 0.6) is 0 Å². The molecule has 112 valence electrons. The minimum absolute atomic E-state index is 0.779. The molecule has 2 heteroatoms. The summed E-state index contributed by atoms with van der Waals surface area (Å²) in [6.45, 7) is 11.0. The molecule has 0 bridgehead atoms. The first-order valence-corrected chi connectivity index (χ1v) is 8.63. The summed E-state index contributed by atoms with van der Waals surface area (Å²) in [4.78, 5) is 2.68. The Kier molecular flexibility index (Phi) is 6.15. The summed E-state index contributed by atoms with van der Waals surface area (Å²) in [5, 5.41) is 3.61. The number of nitrogens with zero attached hydrogens (tertiary/aromatic N) is 1. The largest absolute Gasteiger partial charge is 0.315 e. The summed E-state index contributed by atoms with van der Waals surface area (Å²) in [6.07, 6.45) is 11.7. The predicted molar refractivity (Wildman–Crippen MR) is 83.5 cm³/mol. The Morgan fingerprint density at radius 1 is 1.00 bits per heavy atom. The van der Waals surface area contributed by atoms with Gasteiger partial charge in [0.15, 0.2) is 0 Å². The lowest BCUT2D eigenvalue weighted by Gasteiger charge is -2.39. The molecule has 0 aromatic heterocycles. The van der Waals surface area contributed by atoms with Crippen molar-refractivity contribution >= 4 is 0 Å². The van der Waals surface area contributed by atoms with Gasteiger partial charge in [-0.1, -0.05) is 26.7 Å². The summed E-state index contributed by atoms with van der Waals surface area (Å²) in [7, 11) is 0. The van der Waals surface area contributed by atoms with Gasteiger partial charge in [0.1, 0.15) is 0 Å². The minimum Gasteiger partial charge on any atom is -0.315 e. The predicted octanol–water partition coefficient (Wildman–Crippen LogP) is 3.67. The molecule has 2 aliphatic rings. The second-order valence-electron chi connectivity index (χ2n) is 7.33. The van der Waals surface area contributed by atoms with E-state index in [0.29, 0.717) is 0 Å². The molecular weight excluding hydrogens is 232 g/mol. The Bertz CT molecular complexity index is 234. The van der Waals surface area contributed by atoms with Gasteiger partial charge in [-0.25, -0.2) is 0 Å². The molecule has 1 aliphatic carbocycles. The van der Waals surface area contributed by atoms with Crippen LogP contribution in [0, 0.1) is 11.3 Å². The normalized spacial score (nSPS) is 23.5. The molecule has 1 aliphatic heterocycles. The van der Waals surface area contributed by atoms with Gasteiger partial charge in [0, 0.05) is 13.1 Å². The van der Waals surface area contributed by atoms with Crippen LogP contribution >= 0.6 is 0 Å². The van der Waals surface area contributed by atoms with Crippen LogP contribution in [0.4, 0.5) is 0 Å². The van der Waals surface area contributed by atoms with E-state index < -0.39 is 0 Å². The minimum atomic E-state index is 0.779. The zero-order valence-electron chi connectivity index (χ0n) is 13.2. The molecular formula is C17H34N2. The van der Waals surface area contributed by atoms with E-state index in [2.05, 4.69) is 24.1 Å². The van der Waals surface area contributed by atoms with Gasteiger partial charge in [-0.15, -0.1) is 0 Å². The van der Waals surface area contributed by atoms with Crippen molar-refractivity contribution in [2.45, 2.75) is 65.2 Å². The number of hydrogen-bond donors (Lipinski definition) is 1. The summed E-state index contributed by atoms with van der Waals surface area (Å²) >= 11 is 0. The molecule has 1 saturated carbocycles. The van der Waals surface area contributed by atoms with E-state index in [0.717, 1.165) is 11.3 Å². The Labute approximate surface area is 120 Å². The van der Waals surface area contributed by atoms with Gasteiger partial charge >= 0.3 is 0 Å². The molecule has 0 amide bonds. The SMILES string of the molecule is CC(C)CCCNCCN1CCC2(CCCC2)CC1. The van der Waals surface area contributed by atoms with Crippen molar-refractivity contribution in [1.29, 1.82) is 0 Å². The Hall–Kier alpha value is -0.0800. The highest BCUT2D eigenvalue weighted by Gasteiger charge is 2.36. The molecule has 0 atom stereocenters. The van der Waals surface area contributed by atoms with E-state index in [1.165, 1.54) is 84.1 Å². The lowest BCUT2D eigenvalue weighted by atomic mass is 9.77. The highest BCUT2D eigenvalue weighted by Crippen LogP contribution is 2.45. The van der Waals surface area contributed by atoms with Crippen molar-refractivity contribution < 1.29 is 0 Å². The first-order valence-electron chi connectivity index (χ1n) is 8.63.